The van der Waals surface area contributed by atoms with Gasteiger partial charge in [-0.3, -0.25) is 9.10 Å². The average molecular weight is 496 g/mol. The molecule has 0 saturated carbocycles. The topological polar surface area (TPSA) is 142 Å². The highest BCUT2D eigenvalue weighted by Gasteiger charge is 2.24. The predicted octanol–water partition coefficient (Wildman–Crippen LogP) is 1.77. The number of benzene rings is 2. The van der Waals surface area contributed by atoms with Gasteiger partial charge in [-0.1, -0.05) is 0 Å². The summed E-state index contributed by atoms with van der Waals surface area (Å²) in [6, 6.07) is 9.05. The van der Waals surface area contributed by atoms with Crippen molar-refractivity contribution in [2.75, 3.05) is 45.5 Å². The number of hydrogen-bond acceptors (Lipinski definition) is 10. The van der Waals surface area contributed by atoms with Crippen molar-refractivity contribution in [3.63, 3.8) is 0 Å². The highest BCUT2D eigenvalue weighted by molar-refractivity contribution is 7.92. The van der Waals surface area contributed by atoms with E-state index in [4.69, 9.17) is 18.9 Å². The number of hydrogen-bond donors (Lipinski definition) is 1. The van der Waals surface area contributed by atoms with Gasteiger partial charge in [0, 0.05) is 6.07 Å². The van der Waals surface area contributed by atoms with Crippen LogP contribution in [0, 0.1) is 0 Å². The van der Waals surface area contributed by atoms with Crippen molar-refractivity contribution in [2.24, 2.45) is 5.10 Å². The molecule has 0 aliphatic rings. The summed E-state index contributed by atoms with van der Waals surface area (Å²) >= 11 is 0. The first-order chi connectivity index (χ1) is 16.1. The molecule has 34 heavy (non-hydrogen) atoms. The van der Waals surface area contributed by atoms with Crippen molar-refractivity contribution in [1.29, 1.82) is 0 Å². The van der Waals surface area contributed by atoms with Crippen LogP contribution in [0.15, 0.2) is 41.5 Å². The Morgan fingerprint density at radius 2 is 1.68 bits per heavy atom. The van der Waals surface area contributed by atoms with Crippen LogP contribution in [0.4, 0.5) is 10.5 Å². The molecule has 2 aromatic carbocycles. The molecule has 0 atom stereocenters. The van der Waals surface area contributed by atoms with E-state index in [-0.39, 0.29) is 22.9 Å². The smallest absolute Gasteiger partial charge is 0.497 e. The molecule has 1 amide bonds. The number of nitrogens with one attached hydrogen (secondary N) is 1. The van der Waals surface area contributed by atoms with Crippen LogP contribution in [-0.2, 0) is 19.6 Å². The average Bonchev–Trinajstić information content (AvgIpc) is 2.82. The molecular formula is C21H25N3O9S. The van der Waals surface area contributed by atoms with Gasteiger partial charge in [-0.05, 0) is 35.9 Å². The maximum Gasteiger partial charge on any atom is 0.513 e. The Morgan fingerprint density at radius 3 is 2.26 bits per heavy atom. The van der Waals surface area contributed by atoms with Gasteiger partial charge in [0.25, 0.3) is 5.91 Å². The highest BCUT2D eigenvalue weighted by atomic mass is 32.2. The maximum absolute atomic E-state index is 12.4. The fourth-order valence-corrected chi connectivity index (χ4v) is 3.56. The minimum atomic E-state index is -3.84. The second-order valence-electron chi connectivity index (χ2n) is 6.57. The van der Waals surface area contributed by atoms with Crippen molar-refractivity contribution in [1.82, 2.24) is 5.43 Å². The van der Waals surface area contributed by atoms with Crippen LogP contribution >= 0.6 is 0 Å². The van der Waals surface area contributed by atoms with E-state index in [9.17, 15) is 18.0 Å². The maximum atomic E-state index is 12.4. The third kappa shape index (κ3) is 7.00. The Kier molecular flexibility index (Phi) is 9.07. The van der Waals surface area contributed by atoms with E-state index in [1.165, 1.54) is 58.9 Å². The quantitative estimate of drug-likeness (QED) is 0.226. The number of amides is 1. The summed E-state index contributed by atoms with van der Waals surface area (Å²) in [5.41, 5.74) is 2.94. The lowest BCUT2D eigenvalue weighted by Gasteiger charge is -2.23. The molecule has 0 fully saturated rings. The third-order valence-electron chi connectivity index (χ3n) is 4.29. The highest BCUT2D eigenvalue weighted by Crippen LogP contribution is 2.33. The van der Waals surface area contributed by atoms with Crippen LogP contribution in [0.25, 0.3) is 0 Å². The largest absolute Gasteiger partial charge is 0.513 e. The van der Waals surface area contributed by atoms with Crippen molar-refractivity contribution in [3.05, 3.63) is 42.0 Å². The normalized spacial score (nSPS) is 11.0. The van der Waals surface area contributed by atoms with Crippen molar-refractivity contribution in [3.8, 4) is 23.0 Å². The van der Waals surface area contributed by atoms with Gasteiger partial charge >= 0.3 is 6.16 Å². The van der Waals surface area contributed by atoms with E-state index < -0.39 is 28.6 Å². The van der Waals surface area contributed by atoms with Crippen molar-refractivity contribution < 1.29 is 41.7 Å². The van der Waals surface area contributed by atoms with Crippen LogP contribution < -0.4 is 28.7 Å². The molecule has 2 aromatic rings. The second kappa shape index (κ2) is 11.7. The van der Waals surface area contributed by atoms with Crippen LogP contribution in [0.5, 0.6) is 23.0 Å². The van der Waals surface area contributed by atoms with E-state index in [1.54, 1.807) is 12.1 Å². The van der Waals surface area contributed by atoms with Crippen molar-refractivity contribution >= 4 is 34.0 Å². The summed E-state index contributed by atoms with van der Waals surface area (Å²) in [6.45, 7) is -0.548. The first-order valence-corrected chi connectivity index (χ1v) is 11.4. The van der Waals surface area contributed by atoms with Crippen LogP contribution in [-0.4, -0.2) is 67.9 Å². The molecule has 184 valence electrons. The molecule has 0 bridgehead atoms. The van der Waals surface area contributed by atoms with Gasteiger partial charge in [-0.2, -0.15) is 5.10 Å². The number of carbonyl (C=O) groups excluding carboxylic acids is 2. The number of rotatable bonds is 10. The molecule has 0 aliphatic heterocycles. The molecule has 13 heteroatoms. The number of hydrazone groups is 1. The van der Waals surface area contributed by atoms with Gasteiger partial charge in [0.15, 0.2) is 11.5 Å². The first kappa shape index (κ1) is 26.3. The Bertz CT molecular complexity index is 1170. The molecule has 2 rings (SSSR count). The van der Waals surface area contributed by atoms with Gasteiger partial charge in [-0.25, -0.2) is 18.6 Å². The molecule has 0 aromatic heterocycles. The van der Waals surface area contributed by atoms with Crippen molar-refractivity contribution in [2.45, 2.75) is 0 Å². The summed E-state index contributed by atoms with van der Waals surface area (Å²) in [5, 5.41) is 3.84. The fraction of sp³-hybridized carbons (Fsp3) is 0.286. The molecule has 0 spiro atoms. The molecule has 0 radical (unpaired) electrons. The zero-order valence-corrected chi connectivity index (χ0v) is 20.0. The third-order valence-corrected chi connectivity index (χ3v) is 5.42. The zero-order valence-electron chi connectivity index (χ0n) is 19.2. The van der Waals surface area contributed by atoms with Gasteiger partial charge in [0.05, 0.1) is 46.6 Å². The molecule has 0 heterocycles. The Hall–Kier alpha value is -4.00. The molecule has 0 aliphatic carbocycles. The van der Waals surface area contributed by atoms with Crippen LogP contribution in [0.2, 0.25) is 0 Å². The van der Waals surface area contributed by atoms with Gasteiger partial charge in [0.2, 0.25) is 10.0 Å². The predicted molar refractivity (Wildman–Crippen MR) is 123 cm³/mol. The summed E-state index contributed by atoms with van der Waals surface area (Å²) in [4.78, 5) is 23.7. The Morgan fingerprint density at radius 1 is 0.971 bits per heavy atom. The van der Waals surface area contributed by atoms with E-state index in [2.05, 4.69) is 15.3 Å². The number of carbonyl (C=O) groups is 2. The number of ether oxygens (including phenoxy) is 5. The fourth-order valence-electron chi connectivity index (χ4n) is 2.70. The summed E-state index contributed by atoms with van der Waals surface area (Å²) in [6.07, 6.45) is 1.37. The lowest BCUT2D eigenvalue weighted by atomic mass is 10.2. The SMILES string of the molecule is COC(=O)Oc1ccc(C=NNC(=O)CN(c2ccc(OC)cc2OC)S(C)(=O)=O)cc1OC. The van der Waals surface area contributed by atoms with E-state index in [0.29, 0.717) is 11.3 Å². The van der Waals surface area contributed by atoms with Gasteiger partial charge in [0.1, 0.15) is 18.0 Å². The van der Waals surface area contributed by atoms with Gasteiger partial charge < -0.3 is 23.7 Å². The summed E-state index contributed by atoms with van der Waals surface area (Å²) in [7, 11) is 1.56. The zero-order chi connectivity index (χ0) is 25.3. The minimum absolute atomic E-state index is 0.132. The Labute approximate surface area is 197 Å². The second-order valence-corrected chi connectivity index (χ2v) is 8.47. The number of sulfonamides is 1. The van der Waals surface area contributed by atoms with E-state index in [1.807, 2.05) is 0 Å². The van der Waals surface area contributed by atoms with E-state index in [0.717, 1.165) is 10.6 Å². The standard InChI is InChI=1S/C21H25N3O9S/c1-29-15-7-8-16(18(11-15)30-2)24(34(5,27)28)13-20(25)23-22-12-14-6-9-17(19(10-14)31-3)33-21(26)32-4/h6-12H,13H2,1-5H3,(H,23,25). The molecular weight excluding hydrogens is 470 g/mol. The first-order valence-electron chi connectivity index (χ1n) is 9.58. The monoisotopic (exact) mass is 495 g/mol. The number of methoxy groups -OCH3 is 4. The number of anilines is 1. The molecule has 1 N–H and O–H groups in total. The lowest BCUT2D eigenvalue weighted by Crippen LogP contribution is -2.39. The summed E-state index contributed by atoms with van der Waals surface area (Å²) in [5.74, 6) is 0.337. The van der Waals surface area contributed by atoms with E-state index >= 15 is 0 Å². The number of nitrogens with zero attached hydrogens (tertiary/aromatic N) is 2. The Balaban J connectivity index is 2.15. The summed E-state index contributed by atoms with van der Waals surface area (Å²) < 4.78 is 50.5. The molecule has 0 saturated heterocycles. The van der Waals surface area contributed by atoms with Crippen LogP contribution in [0.3, 0.4) is 0 Å². The molecule has 12 nitrogen and oxygen atoms in total. The molecule has 0 unspecified atom stereocenters. The minimum Gasteiger partial charge on any atom is -0.497 e. The lowest BCUT2D eigenvalue weighted by molar-refractivity contribution is -0.119. The van der Waals surface area contributed by atoms with Gasteiger partial charge in [-0.15, -0.1) is 0 Å². The van der Waals surface area contributed by atoms with Crippen LogP contribution in [0.1, 0.15) is 5.56 Å².